The summed E-state index contributed by atoms with van der Waals surface area (Å²) in [5.74, 6) is -0.229. The van der Waals surface area contributed by atoms with Crippen molar-refractivity contribution in [2.75, 3.05) is 0 Å². The Hall–Kier alpha value is -3.11. The molecular weight excluding hydrogens is 432 g/mol. The fraction of sp³-hybridized carbons (Fsp3) is 0.286. The minimum Gasteiger partial charge on any atom is -0.352 e. The van der Waals surface area contributed by atoms with E-state index in [1.165, 1.54) is 0 Å². The number of benzene rings is 3. The predicted octanol–water partition coefficient (Wildman–Crippen LogP) is 5.44. The Kier molecular flexibility index (Phi) is 9.08. The van der Waals surface area contributed by atoms with Gasteiger partial charge >= 0.3 is 0 Å². The van der Waals surface area contributed by atoms with E-state index in [1.807, 2.05) is 98.8 Å². The molecule has 172 valence electrons. The van der Waals surface area contributed by atoms with Crippen LogP contribution < -0.4 is 5.32 Å². The quantitative estimate of drug-likeness (QED) is 0.436. The van der Waals surface area contributed by atoms with Crippen molar-refractivity contribution in [3.63, 3.8) is 0 Å². The average molecular weight is 463 g/mol. The van der Waals surface area contributed by atoms with E-state index in [-0.39, 0.29) is 24.4 Å². The van der Waals surface area contributed by atoms with Gasteiger partial charge in [-0.1, -0.05) is 90.5 Å². The average Bonchev–Trinajstić information content (AvgIpc) is 2.81. The summed E-state index contributed by atoms with van der Waals surface area (Å²) in [5, 5.41) is 3.59. The molecule has 0 heterocycles. The minimum atomic E-state index is -0.644. The number of rotatable bonds is 10. The molecule has 0 spiro atoms. The molecule has 33 heavy (non-hydrogen) atoms. The molecule has 0 aliphatic carbocycles. The van der Waals surface area contributed by atoms with Crippen LogP contribution in [0.5, 0.6) is 0 Å². The highest BCUT2D eigenvalue weighted by molar-refractivity contribution is 6.31. The zero-order chi connectivity index (χ0) is 23.6. The SMILES string of the molecule is CC(C)NC(=O)[C@H](Cc1ccccc1)N(Cc1ccccc1Cl)C(=O)CCc1ccccc1. The second-order valence-corrected chi connectivity index (χ2v) is 8.87. The lowest BCUT2D eigenvalue weighted by Gasteiger charge is -2.32. The van der Waals surface area contributed by atoms with E-state index in [2.05, 4.69) is 5.32 Å². The number of carbonyl (C=O) groups excluding carboxylic acids is 2. The molecule has 0 fully saturated rings. The van der Waals surface area contributed by atoms with Gasteiger partial charge < -0.3 is 10.2 Å². The molecule has 1 N–H and O–H groups in total. The molecule has 0 unspecified atom stereocenters. The maximum Gasteiger partial charge on any atom is 0.243 e. The van der Waals surface area contributed by atoms with Crippen molar-refractivity contribution in [2.45, 2.75) is 51.7 Å². The van der Waals surface area contributed by atoms with Crippen LogP contribution in [0, 0.1) is 0 Å². The van der Waals surface area contributed by atoms with Crippen molar-refractivity contribution in [1.29, 1.82) is 0 Å². The van der Waals surface area contributed by atoms with E-state index in [0.717, 1.165) is 16.7 Å². The standard InChI is InChI=1S/C28H31ClN2O2/c1-21(2)30-28(33)26(19-23-13-7-4-8-14-23)31(20-24-15-9-10-16-25(24)29)27(32)18-17-22-11-5-3-6-12-22/h3-16,21,26H,17-20H2,1-2H3,(H,30,33)/t26-/m0/s1. The number of aryl methyl sites for hydroxylation is 1. The molecule has 0 bridgehead atoms. The van der Waals surface area contributed by atoms with Crippen LogP contribution >= 0.6 is 11.6 Å². The first-order valence-corrected chi connectivity index (χ1v) is 11.7. The number of carbonyl (C=O) groups is 2. The summed E-state index contributed by atoms with van der Waals surface area (Å²) < 4.78 is 0. The minimum absolute atomic E-state index is 0.0302. The third-order valence-corrected chi connectivity index (χ3v) is 5.84. The maximum absolute atomic E-state index is 13.6. The van der Waals surface area contributed by atoms with Crippen LogP contribution in [0.15, 0.2) is 84.9 Å². The number of halogens is 1. The Balaban J connectivity index is 1.91. The van der Waals surface area contributed by atoms with E-state index >= 15 is 0 Å². The molecule has 3 aromatic rings. The molecule has 0 aliphatic rings. The van der Waals surface area contributed by atoms with Crippen molar-refractivity contribution in [1.82, 2.24) is 10.2 Å². The van der Waals surface area contributed by atoms with E-state index < -0.39 is 6.04 Å². The smallest absolute Gasteiger partial charge is 0.243 e. The summed E-state index contributed by atoms with van der Waals surface area (Å²) in [4.78, 5) is 28.6. The van der Waals surface area contributed by atoms with Gasteiger partial charge in [-0.3, -0.25) is 9.59 Å². The first-order chi connectivity index (χ1) is 15.9. The van der Waals surface area contributed by atoms with E-state index in [4.69, 9.17) is 11.6 Å². The molecule has 2 amide bonds. The van der Waals surface area contributed by atoms with Crippen LogP contribution in [-0.2, 0) is 29.0 Å². The van der Waals surface area contributed by atoms with Gasteiger partial charge in [-0.15, -0.1) is 0 Å². The third-order valence-electron chi connectivity index (χ3n) is 5.47. The van der Waals surface area contributed by atoms with E-state index in [1.54, 1.807) is 4.90 Å². The zero-order valence-corrected chi connectivity index (χ0v) is 20.0. The van der Waals surface area contributed by atoms with Crippen LogP contribution in [0.25, 0.3) is 0 Å². The number of nitrogens with one attached hydrogen (secondary N) is 1. The summed E-state index contributed by atoms with van der Waals surface area (Å²) in [6.07, 6.45) is 1.36. The topological polar surface area (TPSA) is 49.4 Å². The van der Waals surface area contributed by atoms with Crippen molar-refractivity contribution >= 4 is 23.4 Å². The first-order valence-electron chi connectivity index (χ1n) is 11.3. The van der Waals surface area contributed by atoms with Crippen LogP contribution in [0.1, 0.15) is 37.0 Å². The van der Waals surface area contributed by atoms with Crippen molar-refractivity contribution in [2.24, 2.45) is 0 Å². The molecule has 4 nitrogen and oxygen atoms in total. The molecule has 0 aliphatic heterocycles. The molecule has 0 saturated heterocycles. The molecule has 0 saturated carbocycles. The predicted molar refractivity (Wildman–Crippen MR) is 134 cm³/mol. The van der Waals surface area contributed by atoms with Crippen molar-refractivity contribution < 1.29 is 9.59 Å². The maximum atomic E-state index is 13.6. The van der Waals surface area contributed by atoms with Crippen molar-refractivity contribution in [3.8, 4) is 0 Å². The van der Waals surface area contributed by atoms with Gasteiger partial charge in [-0.05, 0) is 43.0 Å². The summed E-state index contributed by atoms with van der Waals surface area (Å²) in [6, 6.07) is 26.5. The fourth-order valence-corrected chi connectivity index (χ4v) is 3.98. The molecule has 3 aromatic carbocycles. The third kappa shape index (κ3) is 7.47. The highest BCUT2D eigenvalue weighted by Crippen LogP contribution is 2.21. The second-order valence-electron chi connectivity index (χ2n) is 8.47. The highest BCUT2D eigenvalue weighted by Gasteiger charge is 2.30. The fourth-order valence-electron chi connectivity index (χ4n) is 3.78. The Morgan fingerprint density at radius 2 is 1.42 bits per heavy atom. The molecule has 5 heteroatoms. The molecule has 3 rings (SSSR count). The van der Waals surface area contributed by atoms with Gasteiger partial charge in [0.15, 0.2) is 0 Å². The summed E-state index contributed by atoms with van der Waals surface area (Å²) in [7, 11) is 0. The molecule has 1 atom stereocenters. The monoisotopic (exact) mass is 462 g/mol. The molecule has 0 aromatic heterocycles. The van der Waals surface area contributed by atoms with Gasteiger partial charge in [0.25, 0.3) is 0 Å². The van der Waals surface area contributed by atoms with Gasteiger partial charge in [0.05, 0.1) is 0 Å². The first kappa shape index (κ1) is 24.5. The highest BCUT2D eigenvalue weighted by atomic mass is 35.5. The van der Waals surface area contributed by atoms with Gasteiger partial charge in [0, 0.05) is 30.5 Å². The number of hydrogen-bond acceptors (Lipinski definition) is 2. The largest absolute Gasteiger partial charge is 0.352 e. The Labute approximate surface area is 201 Å². The Bertz CT molecular complexity index is 1040. The van der Waals surface area contributed by atoms with Crippen LogP contribution in [-0.4, -0.2) is 28.8 Å². The van der Waals surface area contributed by atoms with Gasteiger partial charge in [0.1, 0.15) is 6.04 Å². The summed E-state index contributed by atoms with van der Waals surface area (Å²) in [6.45, 7) is 4.12. The van der Waals surface area contributed by atoms with Crippen LogP contribution in [0.2, 0.25) is 5.02 Å². The number of hydrogen-bond donors (Lipinski definition) is 1. The summed E-state index contributed by atoms with van der Waals surface area (Å²) in [5.41, 5.74) is 2.92. The van der Waals surface area contributed by atoms with Crippen LogP contribution in [0.3, 0.4) is 0 Å². The number of nitrogens with zero attached hydrogens (tertiary/aromatic N) is 1. The van der Waals surface area contributed by atoms with Gasteiger partial charge in [-0.2, -0.15) is 0 Å². The van der Waals surface area contributed by atoms with E-state index in [0.29, 0.717) is 24.3 Å². The normalized spacial score (nSPS) is 11.8. The lowest BCUT2D eigenvalue weighted by Crippen LogP contribution is -2.51. The number of amides is 2. The van der Waals surface area contributed by atoms with Crippen LogP contribution in [0.4, 0.5) is 0 Å². The zero-order valence-electron chi connectivity index (χ0n) is 19.2. The van der Waals surface area contributed by atoms with Gasteiger partial charge in [-0.25, -0.2) is 0 Å². The molecular formula is C28H31ClN2O2. The molecule has 0 radical (unpaired) electrons. The Morgan fingerprint density at radius 3 is 2.03 bits per heavy atom. The van der Waals surface area contributed by atoms with E-state index in [9.17, 15) is 9.59 Å². The lowest BCUT2D eigenvalue weighted by molar-refractivity contribution is -0.141. The van der Waals surface area contributed by atoms with Crippen molar-refractivity contribution in [3.05, 3.63) is 107 Å². The van der Waals surface area contributed by atoms with Gasteiger partial charge in [0.2, 0.25) is 11.8 Å². The summed E-state index contributed by atoms with van der Waals surface area (Å²) >= 11 is 6.44. The lowest BCUT2D eigenvalue weighted by atomic mass is 10.0. The Morgan fingerprint density at radius 1 is 0.848 bits per heavy atom. The second kappa shape index (κ2) is 12.2.